The van der Waals surface area contributed by atoms with E-state index in [0.717, 1.165) is 15.5 Å². The standard InChI is InChI=1S/C13H12ClNOS2/c1-17-13-8-7-10(14)9-12(13)15-18(16)11-5-3-2-4-6-11/h2-9,15H,1H3. The number of halogens is 1. The van der Waals surface area contributed by atoms with Crippen LogP contribution in [0.4, 0.5) is 5.69 Å². The Hall–Kier alpha value is -0.970. The second-order valence-electron chi connectivity index (χ2n) is 3.53. The molecule has 94 valence electrons. The third-order valence-electron chi connectivity index (χ3n) is 2.32. The minimum absolute atomic E-state index is 0.625. The lowest BCUT2D eigenvalue weighted by Gasteiger charge is -2.10. The minimum Gasteiger partial charge on any atom is -0.300 e. The van der Waals surface area contributed by atoms with Gasteiger partial charge >= 0.3 is 0 Å². The molecule has 0 aliphatic carbocycles. The van der Waals surface area contributed by atoms with Crippen LogP contribution in [-0.2, 0) is 11.0 Å². The summed E-state index contributed by atoms with van der Waals surface area (Å²) >= 11 is 7.54. The molecule has 0 aliphatic rings. The van der Waals surface area contributed by atoms with Crippen LogP contribution in [0.3, 0.4) is 0 Å². The van der Waals surface area contributed by atoms with E-state index in [-0.39, 0.29) is 0 Å². The first-order valence-electron chi connectivity index (χ1n) is 5.27. The van der Waals surface area contributed by atoms with Crippen molar-refractivity contribution < 1.29 is 4.21 Å². The van der Waals surface area contributed by atoms with Crippen LogP contribution in [0.1, 0.15) is 0 Å². The molecule has 0 aromatic heterocycles. The van der Waals surface area contributed by atoms with Gasteiger partial charge in [0.05, 0.1) is 10.6 Å². The van der Waals surface area contributed by atoms with Crippen LogP contribution in [0.25, 0.3) is 0 Å². The molecule has 0 heterocycles. The molecular formula is C13H12ClNOS2. The molecule has 1 N–H and O–H groups in total. The molecule has 0 spiro atoms. The second-order valence-corrected chi connectivity index (χ2v) is 6.03. The Labute approximate surface area is 118 Å². The molecule has 0 fully saturated rings. The molecule has 0 radical (unpaired) electrons. The molecule has 0 saturated heterocycles. The fourth-order valence-electron chi connectivity index (χ4n) is 1.46. The molecule has 0 saturated carbocycles. The van der Waals surface area contributed by atoms with Gasteiger partial charge in [0.25, 0.3) is 0 Å². The predicted molar refractivity (Wildman–Crippen MR) is 79.7 cm³/mol. The monoisotopic (exact) mass is 297 g/mol. The third kappa shape index (κ3) is 3.28. The lowest BCUT2D eigenvalue weighted by atomic mass is 10.3. The summed E-state index contributed by atoms with van der Waals surface area (Å²) in [6.45, 7) is 0. The zero-order chi connectivity index (χ0) is 13.0. The molecule has 18 heavy (non-hydrogen) atoms. The quantitative estimate of drug-likeness (QED) is 0.857. The Morgan fingerprint density at radius 1 is 1.17 bits per heavy atom. The Balaban J connectivity index is 2.24. The Bertz CT molecular complexity index is 560. The highest BCUT2D eigenvalue weighted by Gasteiger charge is 2.07. The number of thioether (sulfide) groups is 1. The molecule has 0 amide bonds. The van der Waals surface area contributed by atoms with Crippen molar-refractivity contribution in [1.82, 2.24) is 0 Å². The van der Waals surface area contributed by atoms with Crippen LogP contribution >= 0.6 is 23.4 Å². The highest BCUT2D eigenvalue weighted by molar-refractivity contribution is 7.98. The fourth-order valence-corrected chi connectivity index (χ4v) is 3.12. The fraction of sp³-hybridized carbons (Fsp3) is 0.0769. The molecule has 0 aliphatic heterocycles. The molecule has 2 rings (SSSR count). The highest BCUT2D eigenvalue weighted by Crippen LogP contribution is 2.29. The van der Waals surface area contributed by atoms with Crippen molar-refractivity contribution in [3.05, 3.63) is 53.6 Å². The largest absolute Gasteiger partial charge is 0.300 e. The number of benzene rings is 2. The third-order valence-corrected chi connectivity index (χ3v) is 4.46. The van der Waals surface area contributed by atoms with Gasteiger partial charge in [0, 0.05) is 9.92 Å². The van der Waals surface area contributed by atoms with E-state index in [2.05, 4.69) is 4.72 Å². The van der Waals surface area contributed by atoms with Crippen LogP contribution in [0, 0.1) is 0 Å². The van der Waals surface area contributed by atoms with Crippen LogP contribution in [0.15, 0.2) is 58.3 Å². The van der Waals surface area contributed by atoms with Gasteiger partial charge in [0.1, 0.15) is 11.0 Å². The minimum atomic E-state index is -1.28. The van der Waals surface area contributed by atoms with Crippen molar-refractivity contribution in [3.8, 4) is 0 Å². The summed E-state index contributed by atoms with van der Waals surface area (Å²) < 4.78 is 15.1. The summed E-state index contributed by atoms with van der Waals surface area (Å²) in [5.74, 6) is 0. The Morgan fingerprint density at radius 2 is 1.89 bits per heavy atom. The van der Waals surface area contributed by atoms with Crippen molar-refractivity contribution in [1.29, 1.82) is 0 Å². The lowest BCUT2D eigenvalue weighted by molar-refractivity contribution is 0.686. The van der Waals surface area contributed by atoms with E-state index in [9.17, 15) is 4.21 Å². The van der Waals surface area contributed by atoms with Gasteiger partial charge in [0.2, 0.25) is 0 Å². The van der Waals surface area contributed by atoms with Crippen molar-refractivity contribution in [2.45, 2.75) is 9.79 Å². The summed E-state index contributed by atoms with van der Waals surface area (Å²) in [7, 11) is -1.28. The molecule has 2 nitrogen and oxygen atoms in total. The maximum atomic E-state index is 12.1. The highest BCUT2D eigenvalue weighted by atomic mass is 35.5. The number of anilines is 1. The lowest BCUT2D eigenvalue weighted by Crippen LogP contribution is -2.05. The van der Waals surface area contributed by atoms with Crippen LogP contribution < -0.4 is 4.72 Å². The topological polar surface area (TPSA) is 29.1 Å². The Kier molecular flexibility index (Phi) is 4.69. The molecule has 1 atom stereocenters. The van der Waals surface area contributed by atoms with E-state index in [1.54, 1.807) is 17.8 Å². The van der Waals surface area contributed by atoms with Gasteiger partial charge in [-0.3, -0.25) is 4.72 Å². The first kappa shape index (κ1) is 13.5. The molecule has 5 heteroatoms. The number of hydrogen-bond acceptors (Lipinski definition) is 2. The summed E-state index contributed by atoms with van der Waals surface area (Å²) in [6.07, 6.45) is 1.97. The van der Waals surface area contributed by atoms with Gasteiger partial charge in [0.15, 0.2) is 0 Å². The number of rotatable bonds is 4. The van der Waals surface area contributed by atoms with Crippen LogP contribution in [0.5, 0.6) is 0 Å². The maximum absolute atomic E-state index is 12.1. The summed E-state index contributed by atoms with van der Waals surface area (Å²) in [5.41, 5.74) is 0.789. The van der Waals surface area contributed by atoms with Crippen molar-refractivity contribution >= 4 is 40.0 Å². The molecule has 1 unspecified atom stereocenters. The van der Waals surface area contributed by atoms with Gasteiger partial charge in [-0.1, -0.05) is 29.8 Å². The zero-order valence-electron chi connectivity index (χ0n) is 9.72. The number of hydrogen-bond donors (Lipinski definition) is 1. The summed E-state index contributed by atoms with van der Waals surface area (Å²) in [6, 6.07) is 14.8. The molecule has 2 aromatic carbocycles. The predicted octanol–water partition coefficient (Wildman–Crippen LogP) is 4.20. The average molecular weight is 298 g/mol. The van der Waals surface area contributed by atoms with E-state index in [4.69, 9.17) is 11.6 Å². The van der Waals surface area contributed by atoms with Crippen molar-refractivity contribution in [2.24, 2.45) is 0 Å². The van der Waals surface area contributed by atoms with Crippen LogP contribution in [0.2, 0.25) is 5.02 Å². The summed E-state index contributed by atoms with van der Waals surface area (Å²) in [4.78, 5) is 1.76. The van der Waals surface area contributed by atoms with E-state index >= 15 is 0 Å². The van der Waals surface area contributed by atoms with E-state index in [1.165, 1.54) is 0 Å². The molecule has 2 aromatic rings. The van der Waals surface area contributed by atoms with Crippen molar-refractivity contribution in [2.75, 3.05) is 11.0 Å². The second kappa shape index (κ2) is 6.27. The van der Waals surface area contributed by atoms with Gasteiger partial charge in [-0.25, -0.2) is 4.21 Å². The maximum Gasteiger partial charge on any atom is 0.150 e. The van der Waals surface area contributed by atoms with Crippen LogP contribution in [-0.4, -0.2) is 10.5 Å². The van der Waals surface area contributed by atoms with Gasteiger partial charge in [-0.05, 0) is 36.6 Å². The number of nitrogens with one attached hydrogen (secondary N) is 1. The molecule has 0 bridgehead atoms. The van der Waals surface area contributed by atoms with E-state index in [0.29, 0.717) is 5.02 Å². The summed E-state index contributed by atoms with van der Waals surface area (Å²) in [5, 5.41) is 0.625. The molecular weight excluding hydrogens is 286 g/mol. The van der Waals surface area contributed by atoms with Gasteiger partial charge < -0.3 is 0 Å². The first-order chi connectivity index (χ1) is 8.70. The van der Waals surface area contributed by atoms with Crippen molar-refractivity contribution in [3.63, 3.8) is 0 Å². The zero-order valence-corrected chi connectivity index (χ0v) is 12.1. The van der Waals surface area contributed by atoms with E-state index in [1.807, 2.05) is 48.7 Å². The average Bonchev–Trinajstić information content (AvgIpc) is 2.40. The SMILES string of the molecule is CSc1ccc(Cl)cc1NS(=O)c1ccccc1. The van der Waals surface area contributed by atoms with Gasteiger partial charge in [-0.2, -0.15) is 0 Å². The van der Waals surface area contributed by atoms with Gasteiger partial charge in [-0.15, -0.1) is 11.8 Å². The van der Waals surface area contributed by atoms with E-state index < -0.39 is 11.0 Å². The Morgan fingerprint density at radius 3 is 2.56 bits per heavy atom. The normalized spacial score (nSPS) is 12.1. The first-order valence-corrected chi connectivity index (χ1v) is 8.03. The smallest absolute Gasteiger partial charge is 0.150 e.